The van der Waals surface area contributed by atoms with Gasteiger partial charge in [0.1, 0.15) is 0 Å². The lowest BCUT2D eigenvalue weighted by Crippen LogP contribution is -2.66. The van der Waals surface area contributed by atoms with Crippen LogP contribution in [0.15, 0.2) is 0 Å². The molecule has 0 aromatic rings. The number of fused-ring (bicyclic) bond motifs is 5. The van der Waals surface area contributed by atoms with Gasteiger partial charge in [0.15, 0.2) is 0 Å². The van der Waals surface area contributed by atoms with E-state index in [-0.39, 0.29) is 28.9 Å². The van der Waals surface area contributed by atoms with Crippen molar-refractivity contribution in [1.82, 2.24) is 0 Å². The van der Waals surface area contributed by atoms with E-state index in [1.807, 2.05) is 0 Å². The number of nitrogens with two attached hydrogens (primary N) is 1. The van der Waals surface area contributed by atoms with Crippen molar-refractivity contribution in [3.63, 3.8) is 0 Å². The van der Waals surface area contributed by atoms with Crippen molar-refractivity contribution in [2.75, 3.05) is 7.11 Å². The van der Waals surface area contributed by atoms with Crippen LogP contribution >= 0.6 is 0 Å². The number of aliphatic hydroxyl groups excluding tert-OH is 1. The fourth-order valence-electron chi connectivity index (χ4n) is 7.83. The zero-order valence-electron chi connectivity index (χ0n) is 16.1. The highest BCUT2D eigenvalue weighted by Crippen LogP contribution is 2.68. The number of carbonyl (C=O) groups excluding carboxylic acids is 1. The van der Waals surface area contributed by atoms with E-state index in [4.69, 9.17) is 10.5 Å². The predicted molar refractivity (Wildman–Crippen MR) is 96.7 cm³/mol. The minimum absolute atomic E-state index is 0.0397. The van der Waals surface area contributed by atoms with E-state index in [2.05, 4.69) is 13.8 Å². The van der Waals surface area contributed by atoms with Gasteiger partial charge >= 0.3 is 5.97 Å². The number of carbonyl (C=O) groups is 1. The number of ether oxygens (including phenoxy) is 1. The Morgan fingerprint density at radius 1 is 1.04 bits per heavy atom. The van der Waals surface area contributed by atoms with E-state index in [1.54, 1.807) is 0 Å². The van der Waals surface area contributed by atoms with Gasteiger partial charge in [-0.3, -0.25) is 4.79 Å². The first kappa shape index (κ1) is 17.8. The lowest BCUT2D eigenvalue weighted by atomic mass is 9.42. The van der Waals surface area contributed by atoms with Crippen LogP contribution in [0.3, 0.4) is 0 Å². The average Bonchev–Trinajstić information content (AvgIpc) is 2.86. The van der Waals surface area contributed by atoms with Crippen LogP contribution in [0.1, 0.15) is 71.6 Å². The van der Waals surface area contributed by atoms with E-state index in [0.29, 0.717) is 23.2 Å². The predicted octanol–water partition coefficient (Wildman–Crippen LogP) is 3.26. The summed E-state index contributed by atoms with van der Waals surface area (Å²) >= 11 is 0. The van der Waals surface area contributed by atoms with E-state index in [1.165, 1.54) is 20.0 Å². The molecule has 0 aliphatic heterocycles. The SMILES string of the molecule is COC(=O)[C@H]1CC[C@@]2(N)[C@@H]3CC[C@@H]4C[C@@H](O)CC[C@]4(C)[C@H]3CC[C@]12C. The second-order valence-corrected chi connectivity index (χ2v) is 10.0. The minimum atomic E-state index is -0.237. The molecule has 25 heavy (non-hydrogen) atoms. The van der Waals surface area contributed by atoms with E-state index >= 15 is 0 Å². The van der Waals surface area contributed by atoms with Crippen molar-refractivity contribution in [2.45, 2.75) is 83.3 Å². The van der Waals surface area contributed by atoms with Gasteiger partial charge in [-0.05, 0) is 86.4 Å². The normalized spacial score (nSPS) is 55.0. The number of rotatable bonds is 1. The summed E-state index contributed by atoms with van der Waals surface area (Å²) in [6.45, 7) is 4.73. The van der Waals surface area contributed by atoms with Crippen molar-refractivity contribution < 1.29 is 14.6 Å². The molecule has 4 rings (SSSR count). The third-order valence-electron chi connectivity index (χ3n) is 9.47. The molecule has 0 saturated heterocycles. The van der Waals surface area contributed by atoms with Gasteiger partial charge in [0.2, 0.25) is 0 Å². The highest BCUT2D eigenvalue weighted by Gasteiger charge is 2.67. The Morgan fingerprint density at radius 3 is 2.52 bits per heavy atom. The molecule has 0 aromatic heterocycles. The third-order valence-corrected chi connectivity index (χ3v) is 9.47. The summed E-state index contributed by atoms with van der Waals surface area (Å²) in [7, 11) is 1.51. The molecule has 0 heterocycles. The van der Waals surface area contributed by atoms with E-state index in [9.17, 15) is 9.90 Å². The Hall–Kier alpha value is -0.610. The van der Waals surface area contributed by atoms with Gasteiger partial charge in [-0.1, -0.05) is 13.8 Å². The van der Waals surface area contributed by atoms with Crippen LogP contribution in [0.2, 0.25) is 0 Å². The Balaban J connectivity index is 1.66. The van der Waals surface area contributed by atoms with Gasteiger partial charge in [0.05, 0.1) is 19.1 Å². The molecular weight excluding hydrogens is 314 g/mol. The summed E-state index contributed by atoms with van der Waals surface area (Å²) in [6, 6.07) is 0. The molecule has 0 bridgehead atoms. The summed E-state index contributed by atoms with van der Waals surface area (Å²) in [5, 5.41) is 10.1. The van der Waals surface area contributed by atoms with Crippen molar-refractivity contribution in [1.29, 1.82) is 0 Å². The van der Waals surface area contributed by atoms with Crippen molar-refractivity contribution in [3.8, 4) is 0 Å². The van der Waals surface area contributed by atoms with Crippen LogP contribution in [0.5, 0.6) is 0 Å². The summed E-state index contributed by atoms with van der Waals surface area (Å²) in [4.78, 5) is 12.4. The first-order chi connectivity index (χ1) is 11.8. The first-order valence-electron chi connectivity index (χ1n) is 10.3. The number of hydrogen-bond acceptors (Lipinski definition) is 4. The van der Waals surface area contributed by atoms with Gasteiger partial charge in [-0.15, -0.1) is 0 Å². The summed E-state index contributed by atoms with van der Waals surface area (Å²) < 4.78 is 5.12. The molecule has 8 atom stereocenters. The van der Waals surface area contributed by atoms with Crippen LogP contribution in [0, 0.1) is 34.5 Å². The largest absolute Gasteiger partial charge is 0.469 e. The van der Waals surface area contributed by atoms with Crippen LogP contribution in [0.25, 0.3) is 0 Å². The molecule has 0 unspecified atom stereocenters. The molecule has 0 spiro atoms. The van der Waals surface area contributed by atoms with Crippen molar-refractivity contribution in [3.05, 3.63) is 0 Å². The van der Waals surface area contributed by atoms with Gasteiger partial charge in [0, 0.05) is 5.54 Å². The summed E-state index contributed by atoms with van der Waals surface area (Å²) in [5.41, 5.74) is 7.14. The fourth-order valence-corrected chi connectivity index (χ4v) is 7.83. The lowest BCUT2D eigenvalue weighted by Gasteiger charge is -2.64. The highest BCUT2D eigenvalue weighted by molar-refractivity contribution is 5.74. The monoisotopic (exact) mass is 349 g/mol. The molecule has 4 aliphatic carbocycles. The van der Waals surface area contributed by atoms with E-state index < -0.39 is 0 Å². The van der Waals surface area contributed by atoms with Gasteiger partial charge < -0.3 is 15.6 Å². The molecule has 0 amide bonds. The van der Waals surface area contributed by atoms with Crippen LogP contribution in [-0.4, -0.2) is 29.8 Å². The van der Waals surface area contributed by atoms with Crippen molar-refractivity contribution in [2.24, 2.45) is 40.2 Å². The number of aliphatic hydroxyl groups is 1. The number of hydrogen-bond donors (Lipinski definition) is 2. The Kier molecular flexibility index (Phi) is 4.05. The zero-order valence-corrected chi connectivity index (χ0v) is 16.1. The molecule has 142 valence electrons. The average molecular weight is 350 g/mol. The molecule has 4 aliphatic rings. The van der Waals surface area contributed by atoms with Gasteiger partial charge in [-0.25, -0.2) is 0 Å². The maximum atomic E-state index is 12.4. The fraction of sp³-hybridized carbons (Fsp3) is 0.952. The Labute approximate surface area is 151 Å². The second kappa shape index (κ2) is 5.69. The molecule has 4 fully saturated rings. The maximum Gasteiger partial charge on any atom is 0.309 e. The topological polar surface area (TPSA) is 72.5 Å². The smallest absolute Gasteiger partial charge is 0.309 e. The molecule has 0 radical (unpaired) electrons. The molecule has 4 saturated carbocycles. The quantitative estimate of drug-likeness (QED) is 0.713. The molecule has 0 aromatic carbocycles. The van der Waals surface area contributed by atoms with Crippen LogP contribution in [-0.2, 0) is 9.53 Å². The third kappa shape index (κ3) is 2.22. The first-order valence-corrected chi connectivity index (χ1v) is 10.3. The zero-order chi connectivity index (χ0) is 18.0. The highest BCUT2D eigenvalue weighted by atomic mass is 16.5. The van der Waals surface area contributed by atoms with Gasteiger partial charge in [0.25, 0.3) is 0 Å². The number of methoxy groups -OCH3 is 1. The molecule has 3 N–H and O–H groups in total. The summed E-state index contributed by atoms with van der Waals surface area (Å²) in [6.07, 6.45) is 9.33. The second-order valence-electron chi connectivity index (χ2n) is 10.0. The van der Waals surface area contributed by atoms with Crippen molar-refractivity contribution >= 4 is 5.97 Å². The summed E-state index contributed by atoms with van der Waals surface area (Å²) in [5.74, 6) is 1.70. The standard InChI is InChI=1S/C21H35NO3/c1-19-9-6-14(23)12-13(19)4-5-16-15(19)7-10-20(2)17(18(24)25-3)8-11-21(16,20)22/h13-17,23H,4-12,22H2,1-3H3/t13-,14+,15+,16-,17-,19+,20-,21-/m1/s1. The van der Waals surface area contributed by atoms with Crippen LogP contribution in [0.4, 0.5) is 0 Å². The Morgan fingerprint density at radius 2 is 1.80 bits per heavy atom. The maximum absolute atomic E-state index is 12.4. The van der Waals surface area contributed by atoms with Gasteiger partial charge in [-0.2, -0.15) is 0 Å². The lowest BCUT2D eigenvalue weighted by molar-refractivity contribution is -0.160. The minimum Gasteiger partial charge on any atom is -0.469 e. The van der Waals surface area contributed by atoms with Crippen LogP contribution < -0.4 is 5.73 Å². The molecule has 4 nitrogen and oxygen atoms in total. The van der Waals surface area contributed by atoms with E-state index in [0.717, 1.165) is 44.9 Å². The Bertz CT molecular complexity index is 565. The number of esters is 1. The molecule has 4 heteroatoms. The molecular formula is C21H35NO3.